The maximum absolute atomic E-state index is 10.2. The monoisotopic (exact) mass is 379 g/mol. The number of rotatable bonds is 5. The zero-order valence-electron chi connectivity index (χ0n) is 16.4. The van der Waals surface area contributed by atoms with Crippen molar-refractivity contribution < 1.29 is 14.2 Å². The van der Waals surface area contributed by atoms with Gasteiger partial charge in [-0.1, -0.05) is 6.07 Å². The van der Waals surface area contributed by atoms with Gasteiger partial charge in [-0.25, -0.2) is 9.97 Å². The van der Waals surface area contributed by atoms with Gasteiger partial charge in [-0.15, -0.1) is 0 Å². The second-order valence-corrected chi connectivity index (χ2v) is 7.57. The predicted octanol–water partition coefficient (Wildman–Crippen LogP) is 3.77. The van der Waals surface area contributed by atoms with Crippen molar-refractivity contribution in [1.29, 1.82) is 5.26 Å². The second kappa shape index (κ2) is 7.67. The molecule has 0 amide bonds. The van der Waals surface area contributed by atoms with Crippen molar-refractivity contribution >= 4 is 0 Å². The number of aryl methyl sites for hydroxylation is 1. The van der Waals surface area contributed by atoms with E-state index in [0.29, 0.717) is 30.9 Å². The van der Waals surface area contributed by atoms with Crippen LogP contribution in [0.15, 0.2) is 24.5 Å². The predicted molar refractivity (Wildman–Crippen MR) is 104 cm³/mol. The molecule has 1 unspecified atom stereocenters. The Balaban J connectivity index is 1.71. The van der Waals surface area contributed by atoms with Gasteiger partial charge in [-0.05, 0) is 56.2 Å². The average molecular weight is 379 g/mol. The Morgan fingerprint density at radius 3 is 2.64 bits per heavy atom. The number of nitrogens with zero attached hydrogens (tertiary/aromatic N) is 3. The Labute approximate surface area is 165 Å². The lowest BCUT2D eigenvalue weighted by atomic mass is 9.69. The quantitative estimate of drug-likeness (QED) is 0.787. The van der Waals surface area contributed by atoms with Crippen LogP contribution in [0.3, 0.4) is 0 Å². The summed E-state index contributed by atoms with van der Waals surface area (Å²) < 4.78 is 17.2. The van der Waals surface area contributed by atoms with Gasteiger partial charge in [0.2, 0.25) is 5.88 Å². The molecule has 1 aromatic heterocycles. The van der Waals surface area contributed by atoms with E-state index in [-0.39, 0.29) is 6.10 Å². The maximum atomic E-state index is 10.2. The molecule has 0 bridgehead atoms. The summed E-state index contributed by atoms with van der Waals surface area (Å²) in [5.41, 5.74) is 2.17. The van der Waals surface area contributed by atoms with Crippen molar-refractivity contribution in [2.45, 2.75) is 56.5 Å². The van der Waals surface area contributed by atoms with Gasteiger partial charge >= 0.3 is 0 Å². The molecule has 0 radical (unpaired) electrons. The number of ether oxygens (including phenoxy) is 3. The van der Waals surface area contributed by atoms with Gasteiger partial charge in [0.05, 0.1) is 37.5 Å². The fourth-order valence-electron chi connectivity index (χ4n) is 4.38. The van der Waals surface area contributed by atoms with Crippen LogP contribution >= 0.6 is 0 Å². The van der Waals surface area contributed by atoms with Crippen LogP contribution in [0.2, 0.25) is 0 Å². The number of benzene rings is 1. The minimum absolute atomic E-state index is 0.225. The summed E-state index contributed by atoms with van der Waals surface area (Å²) in [4.78, 5) is 8.62. The van der Waals surface area contributed by atoms with Crippen LogP contribution < -0.4 is 14.2 Å². The third kappa shape index (κ3) is 3.26. The average Bonchev–Trinajstić information content (AvgIpc) is 3.26. The molecule has 28 heavy (non-hydrogen) atoms. The first-order valence-corrected chi connectivity index (χ1v) is 9.82. The van der Waals surface area contributed by atoms with Crippen LogP contribution in [0.25, 0.3) is 0 Å². The van der Waals surface area contributed by atoms with Crippen LogP contribution in [-0.2, 0) is 18.3 Å². The molecular formula is C22H25N3O3. The Hall–Kier alpha value is -2.81. The van der Waals surface area contributed by atoms with E-state index in [0.717, 1.165) is 35.4 Å². The molecule has 0 aliphatic heterocycles. The first kappa shape index (κ1) is 18.5. The molecule has 2 aromatic rings. The van der Waals surface area contributed by atoms with E-state index in [9.17, 15) is 5.26 Å². The molecule has 1 saturated carbocycles. The summed E-state index contributed by atoms with van der Waals surface area (Å²) >= 11 is 0. The van der Waals surface area contributed by atoms with E-state index in [1.807, 2.05) is 18.2 Å². The zero-order chi connectivity index (χ0) is 19.6. The number of fused-ring (bicyclic) bond motifs is 1. The van der Waals surface area contributed by atoms with Crippen molar-refractivity contribution in [1.82, 2.24) is 9.97 Å². The van der Waals surface area contributed by atoms with Crippen molar-refractivity contribution in [2.75, 3.05) is 14.2 Å². The molecule has 0 N–H and O–H groups in total. The number of nitriles is 1. The highest BCUT2D eigenvalue weighted by Gasteiger charge is 2.39. The molecule has 6 nitrogen and oxygen atoms in total. The normalized spacial score (nSPS) is 21.6. The van der Waals surface area contributed by atoms with Gasteiger partial charge in [-0.3, -0.25) is 0 Å². The van der Waals surface area contributed by atoms with Crippen LogP contribution in [0.1, 0.15) is 48.9 Å². The lowest BCUT2D eigenvalue weighted by Gasteiger charge is -2.33. The SMILES string of the molecule is COc1ccc(C2(C#N)CCc3ncnc(OC)c3C2)cc1OC1CCCC1. The van der Waals surface area contributed by atoms with Gasteiger partial charge in [-0.2, -0.15) is 5.26 Å². The fraction of sp³-hybridized carbons (Fsp3) is 0.500. The van der Waals surface area contributed by atoms with Crippen LogP contribution in [0.5, 0.6) is 17.4 Å². The van der Waals surface area contributed by atoms with Gasteiger partial charge < -0.3 is 14.2 Å². The van der Waals surface area contributed by atoms with Gasteiger partial charge in [0, 0.05) is 12.0 Å². The van der Waals surface area contributed by atoms with E-state index in [1.54, 1.807) is 14.2 Å². The number of hydrogen-bond donors (Lipinski definition) is 0. The molecule has 1 fully saturated rings. The largest absolute Gasteiger partial charge is 0.493 e. The minimum Gasteiger partial charge on any atom is -0.493 e. The first-order chi connectivity index (χ1) is 13.7. The fourth-order valence-corrected chi connectivity index (χ4v) is 4.38. The van der Waals surface area contributed by atoms with E-state index in [4.69, 9.17) is 14.2 Å². The molecule has 6 heteroatoms. The number of hydrogen-bond acceptors (Lipinski definition) is 6. The number of aromatic nitrogens is 2. The smallest absolute Gasteiger partial charge is 0.219 e. The standard InChI is InChI=1S/C22H25N3O3/c1-26-19-8-7-15(11-20(19)28-16-5-3-4-6-16)22(13-23)10-9-18-17(12-22)21(27-2)25-14-24-18/h7-8,11,14,16H,3-6,9-10,12H2,1-2H3. The molecule has 1 aromatic carbocycles. The highest BCUT2D eigenvalue weighted by molar-refractivity contribution is 5.50. The summed E-state index contributed by atoms with van der Waals surface area (Å²) in [7, 11) is 3.25. The van der Waals surface area contributed by atoms with Crippen LogP contribution in [0.4, 0.5) is 0 Å². The Morgan fingerprint density at radius 2 is 1.93 bits per heavy atom. The molecule has 2 aliphatic carbocycles. The van der Waals surface area contributed by atoms with E-state index >= 15 is 0 Å². The molecule has 146 valence electrons. The number of methoxy groups -OCH3 is 2. The molecule has 2 aliphatic rings. The van der Waals surface area contributed by atoms with Crippen molar-refractivity contribution in [2.24, 2.45) is 0 Å². The van der Waals surface area contributed by atoms with Crippen LogP contribution in [-0.4, -0.2) is 30.3 Å². The second-order valence-electron chi connectivity index (χ2n) is 7.57. The van der Waals surface area contributed by atoms with Gasteiger partial charge in [0.25, 0.3) is 0 Å². The summed E-state index contributed by atoms with van der Waals surface area (Å²) in [6.45, 7) is 0. The van der Waals surface area contributed by atoms with Crippen molar-refractivity contribution in [3.63, 3.8) is 0 Å². The lowest BCUT2D eigenvalue weighted by Crippen LogP contribution is -2.33. The molecule has 0 saturated heterocycles. The van der Waals surface area contributed by atoms with Gasteiger partial charge in [0.15, 0.2) is 11.5 Å². The Kier molecular flexibility index (Phi) is 5.08. The molecular weight excluding hydrogens is 354 g/mol. The molecule has 1 atom stereocenters. The summed E-state index contributed by atoms with van der Waals surface area (Å²) in [5.74, 6) is 1.99. The third-order valence-corrected chi connectivity index (χ3v) is 5.98. The van der Waals surface area contributed by atoms with Crippen molar-refractivity contribution in [3.8, 4) is 23.4 Å². The summed E-state index contributed by atoms with van der Waals surface area (Å²) in [5, 5.41) is 10.2. The summed E-state index contributed by atoms with van der Waals surface area (Å²) in [6.07, 6.45) is 8.23. The molecule has 1 heterocycles. The van der Waals surface area contributed by atoms with E-state index in [1.165, 1.54) is 19.2 Å². The molecule has 4 rings (SSSR count). The molecule has 0 spiro atoms. The Bertz CT molecular complexity index is 888. The van der Waals surface area contributed by atoms with E-state index in [2.05, 4.69) is 16.0 Å². The topological polar surface area (TPSA) is 77.3 Å². The Morgan fingerprint density at radius 1 is 1.11 bits per heavy atom. The van der Waals surface area contributed by atoms with Crippen LogP contribution in [0, 0.1) is 11.3 Å². The highest BCUT2D eigenvalue weighted by Crippen LogP contribution is 2.43. The van der Waals surface area contributed by atoms with Crippen molar-refractivity contribution in [3.05, 3.63) is 41.3 Å². The van der Waals surface area contributed by atoms with E-state index < -0.39 is 5.41 Å². The van der Waals surface area contributed by atoms with Gasteiger partial charge in [0.1, 0.15) is 6.33 Å². The third-order valence-electron chi connectivity index (χ3n) is 5.98. The zero-order valence-corrected chi connectivity index (χ0v) is 16.4. The minimum atomic E-state index is -0.662. The summed E-state index contributed by atoms with van der Waals surface area (Å²) in [6, 6.07) is 8.45. The first-order valence-electron chi connectivity index (χ1n) is 9.82. The lowest BCUT2D eigenvalue weighted by molar-refractivity contribution is 0.200. The maximum Gasteiger partial charge on any atom is 0.219 e. The highest BCUT2D eigenvalue weighted by atomic mass is 16.5.